The molecule has 0 aromatic carbocycles. The SMILES string of the molecule is CCC(C)C1C(=O)NC(C)C(=O)N1Cc1cn(C)nn1. The van der Waals surface area contributed by atoms with Crippen LogP contribution in [0.2, 0.25) is 0 Å². The van der Waals surface area contributed by atoms with Crippen LogP contribution in [0.25, 0.3) is 0 Å². The Balaban J connectivity index is 2.26. The lowest BCUT2D eigenvalue weighted by Crippen LogP contribution is -2.63. The summed E-state index contributed by atoms with van der Waals surface area (Å²) in [5.74, 6) is -0.0565. The zero-order chi connectivity index (χ0) is 14.9. The summed E-state index contributed by atoms with van der Waals surface area (Å²) in [5, 5.41) is 10.6. The fourth-order valence-corrected chi connectivity index (χ4v) is 2.50. The molecular formula is C13H21N5O2. The highest BCUT2D eigenvalue weighted by atomic mass is 16.2. The Labute approximate surface area is 118 Å². The molecule has 0 aliphatic carbocycles. The van der Waals surface area contributed by atoms with Gasteiger partial charge in [-0.2, -0.15) is 0 Å². The van der Waals surface area contributed by atoms with Crippen LogP contribution in [0.5, 0.6) is 0 Å². The maximum Gasteiger partial charge on any atom is 0.245 e. The van der Waals surface area contributed by atoms with E-state index in [1.54, 1.807) is 29.7 Å². The summed E-state index contributed by atoms with van der Waals surface area (Å²) in [6.07, 6.45) is 2.59. The van der Waals surface area contributed by atoms with Crippen LogP contribution in [0.3, 0.4) is 0 Å². The normalized spacial score (nSPS) is 24.7. The van der Waals surface area contributed by atoms with Crippen LogP contribution in [0.4, 0.5) is 0 Å². The van der Waals surface area contributed by atoms with Gasteiger partial charge in [-0.1, -0.05) is 25.5 Å². The van der Waals surface area contributed by atoms with Gasteiger partial charge in [-0.05, 0) is 12.8 Å². The Morgan fingerprint density at radius 3 is 2.70 bits per heavy atom. The highest BCUT2D eigenvalue weighted by molar-refractivity contribution is 5.96. The third-order valence-electron chi connectivity index (χ3n) is 3.78. The molecule has 1 aliphatic heterocycles. The van der Waals surface area contributed by atoms with E-state index in [1.165, 1.54) is 0 Å². The Morgan fingerprint density at radius 1 is 1.45 bits per heavy atom. The summed E-state index contributed by atoms with van der Waals surface area (Å²) in [6, 6.07) is -0.926. The second-order valence-electron chi connectivity index (χ2n) is 5.41. The summed E-state index contributed by atoms with van der Waals surface area (Å²) in [7, 11) is 1.77. The summed E-state index contributed by atoms with van der Waals surface area (Å²) < 4.78 is 1.59. The van der Waals surface area contributed by atoms with Crippen molar-refractivity contribution in [1.82, 2.24) is 25.2 Å². The number of aromatic nitrogens is 3. The first-order valence-electron chi connectivity index (χ1n) is 6.90. The standard InChI is InChI=1S/C13H21N5O2/c1-5-8(2)11-12(19)14-9(3)13(20)18(11)7-10-6-17(4)16-15-10/h6,8-9,11H,5,7H2,1-4H3,(H,14,19). The molecule has 1 aromatic rings. The number of carbonyl (C=O) groups excluding carboxylic acids is 2. The minimum Gasteiger partial charge on any atom is -0.343 e. The number of rotatable bonds is 4. The van der Waals surface area contributed by atoms with Gasteiger partial charge in [-0.25, -0.2) is 0 Å². The molecule has 3 atom stereocenters. The van der Waals surface area contributed by atoms with Gasteiger partial charge in [0.25, 0.3) is 0 Å². The highest BCUT2D eigenvalue weighted by Crippen LogP contribution is 2.21. The molecule has 7 nitrogen and oxygen atoms in total. The summed E-state index contributed by atoms with van der Waals surface area (Å²) in [6.45, 7) is 6.02. The molecule has 0 radical (unpaired) electrons. The van der Waals surface area contributed by atoms with Crippen molar-refractivity contribution < 1.29 is 9.59 Å². The fourth-order valence-electron chi connectivity index (χ4n) is 2.50. The molecule has 0 bridgehead atoms. The predicted octanol–water partition coefficient (Wildman–Crippen LogP) is 0.0767. The van der Waals surface area contributed by atoms with E-state index < -0.39 is 12.1 Å². The molecule has 1 saturated heterocycles. The quantitative estimate of drug-likeness (QED) is 0.846. The maximum atomic E-state index is 12.4. The molecular weight excluding hydrogens is 258 g/mol. The first kappa shape index (κ1) is 14.5. The molecule has 3 unspecified atom stereocenters. The molecule has 1 N–H and O–H groups in total. The van der Waals surface area contributed by atoms with Gasteiger partial charge < -0.3 is 10.2 Å². The van der Waals surface area contributed by atoms with E-state index in [1.807, 2.05) is 13.8 Å². The van der Waals surface area contributed by atoms with E-state index in [0.29, 0.717) is 12.2 Å². The first-order valence-corrected chi connectivity index (χ1v) is 6.90. The van der Waals surface area contributed by atoms with Crippen LogP contribution in [0.1, 0.15) is 32.9 Å². The molecule has 1 aromatic heterocycles. The van der Waals surface area contributed by atoms with E-state index in [-0.39, 0.29) is 17.7 Å². The van der Waals surface area contributed by atoms with Crippen LogP contribution >= 0.6 is 0 Å². The Kier molecular flexibility index (Phi) is 4.06. The zero-order valence-corrected chi connectivity index (χ0v) is 12.3. The lowest BCUT2D eigenvalue weighted by atomic mass is 9.93. The Morgan fingerprint density at radius 2 is 2.15 bits per heavy atom. The molecule has 2 rings (SSSR count). The maximum absolute atomic E-state index is 12.4. The highest BCUT2D eigenvalue weighted by Gasteiger charge is 2.41. The fraction of sp³-hybridized carbons (Fsp3) is 0.692. The number of hydrogen-bond donors (Lipinski definition) is 1. The van der Waals surface area contributed by atoms with Crippen molar-refractivity contribution in [1.29, 1.82) is 0 Å². The number of carbonyl (C=O) groups is 2. The van der Waals surface area contributed by atoms with Crippen molar-refractivity contribution in [2.24, 2.45) is 13.0 Å². The van der Waals surface area contributed by atoms with Crippen LogP contribution in [-0.2, 0) is 23.2 Å². The minimum absolute atomic E-state index is 0.0689. The molecule has 2 heterocycles. The van der Waals surface area contributed by atoms with Crippen LogP contribution in [-0.4, -0.2) is 43.8 Å². The van der Waals surface area contributed by atoms with Crippen LogP contribution in [0, 0.1) is 5.92 Å². The lowest BCUT2D eigenvalue weighted by Gasteiger charge is -2.40. The van der Waals surface area contributed by atoms with Crippen molar-refractivity contribution in [2.45, 2.75) is 45.8 Å². The van der Waals surface area contributed by atoms with Crippen molar-refractivity contribution in [3.05, 3.63) is 11.9 Å². The van der Waals surface area contributed by atoms with Crippen LogP contribution < -0.4 is 5.32 Å². The molecule has 1 aliphatic rings. The van der Waals surface area contributed by atoms with Crippen LogP contribution in [0.15, 0.2) is 6.20 Å². The molecule has 1 fully saturated rings. The number of hydrogen-bond acceptors (Lipinski definition) is 4. The van der Waals surface area contributed by atoms with Crippen molar-refractivity contribution in [3.8, 4) is 0 Å². The van der Waals surface area contributed by atoms with E-state index in [2.05, 4.69) is 15.6 Å². The Bertz CT molecular complexity index is 513. The smallest absolute Gasteiger partial charge is 0.245 e. The monoisotopic (exact) mass is 279 g/mol. The van der Waals surface area contributed by atoms with E-state index in [4.69, 9.17) is 0 Å². The van der Waals surface area contributed by atoms with Gasteiger partial charge >= 0.3 is 0 Å². The summed E-state index contributed by atoms with van der Waals surface area (Å²) in [4.78, 5) is 26.2. The molecule has 110 valence electrons. The zero-order valence-electron chi connectivity index (χ0n) is 12.3. The van der Waals surface area contributed by atoms with E-state index in [9.17, 15) is 9.59 Å². The molecule has 0 saturated carbocycles. The van der Waals surface area contributed by atoms with Gasteiger partial charge in [0.2, 0.25) is 11.8 Å². The number of amides is 2. The number of piperazine rings is 1. The number of nitrogens with zero attached hydrogens (tertiary/aromatic N) is 4. The summed E-state index contributed by atoms with van der Waals surface area (Å²) >= 11 is 0. The third-order valence-corrected chi connectivity index (χ3v) is 3.78. The first-order chi connectivity index (χ1) is 9.43. The largest absolute Gasteiger partial charge is 0.343 e. The van der Waals surface area contributed by atoms with Gasteiger partial charge in [0.1, 0.15) is 17.8 Å². The Hall–Kier alpha value is -1.92. The topological polar surface area (TPSA) is 80.1 Å². The third kappa shape index (κ3) is 2.66. The van der Waals surface area contributed by atoms with Crippen molar-refractivity contribution >= 4 is 11.8 Å². The molecule has 20 heavy (non-hydrogen) atoms. The summed E-state index contributed by atoms with van der Waals surface area (Å²) in [5.41, 5.74) is 0.691. The van der Waals surface area contributed by atoms with Gasteiger partial charge in [0.15, 0.2) is 0 Å². The second-order valence-corrected chi connectivity index (χ2v) is 5.41. The van der Waals surface area contributed by atoms with Gasteiger partial charge in [-0.15, -0.1) is 5.10 Å². The second kappa shape index (κ2) is 5.60. The van der Waals surface area contributed by atoms with E-state index in [0.717, 1.165) is 6.42 Å². The molecule has 2 amide bonds. The minimum atomic E-state index is -0.487. The molecule has 7 heteroatoms. The van der Waals surface area contributed by atoms with Gasteiger partial charge in [-0.3, -0.25) is 14.3 Å². The number of nitrogens with one attached hydrogen (secondary N) is 1. The van der Waals surface area contributed by atoms with Crippen molar-refractivity contribution in [3.63, 3.8) is 0 Å². The van der Waals surface area contributed by atoms with Gasteiger partial charge in [0, 0.05) is 13.2 Å². The van der Waals surface area contributed by atoms with Crippen molar-refractivity contribution in [2.75, 3.05) is 0 Å². The lowest BCUT2D eigenvalue weighted by molar-refractivity contribution is -0.151. The average Bonchev–Trinajstić information content (AvgIpc) is 2.80. The van der Waals surface area contributed by atoms with E-state index >= 15 is 0 Å². The van der Waals surface area contributed by atoms with Gasteiger partial charge in [0.05, 0.1) is 6.54 Å². The number of aryl methyl sites for hydroxylation is 1. The molecule has 0 spiro atoms. The predicted molar refractivity (Wildman–Crippen MR) is 72.4 cm³/mol. The average molecular weight is 279 g/mol.